The van der Waals surface area contributed by atoms with E-state index in [2.05, 4.69) is 10.0 Å². The van der Waals surface area contributed by atoms with Gasteiger partial charge in [-0.3, -0.25) is 0 Å². The van der Waals surface area contributed by atoms with Crippen molar-refractivity contribution in [3.63, 3.8) is 0 Å². The lowest BCUT2D eigenvalue weighted by molar-refractivity contribution is 0.284. The van der Waals surface area contributed by atoms with Crippen LogP contribution in [0.15, 0.2) is 16.3 Å². The van der Waals surface area contributed by atoms with E-state index in [0.29, 0.717) is 30.3 Å². The largest absolute Gasteiger partial charge is 0.314 e. The molecule has 1 aliphatic heterocycles. The molecule has 1 fully saturated rings. The maximum absolute atomic E-state index is 12.7. The second-order valence-electron chi connectivity index (χ2n) is 5.44. The highest BCUT2D eigenvalue weighted by atomic mass is 32.2. The quantitative estimate of drug-likeness (QED) is 0.704. The van der Waals surface area contributed by atoms with E-state index in [-0.39, 0.29) is 18.3 Å². The van der Waals surface area contributed by atoms with Crippen LogP contribution in [-0.2, 0) is 26.5 Å². The summed E-state index contributed by atoms with van der Waals surface area (Å²) in [4.78, 5) is 0.852. The lowest BCUT2D eigenvalue weighted by Gasteiger charge is -2.32. The van der Waals surface area contributed by atoms with Crippen molar-refractivity contribution in [3.8, 4) is 0 Å². The molecule has 2 heterocycles. The summed E-state index contributed by atoms with van der Waals surface area (Å²) >= 11 is 1.21. The van der Waals surface area contributed by atoms with Crippen molar-refractivity contribution < 1.29 is 16.8 Å². The Labute approximate surface area is 142 Å². The lowest BCUT2D eigenvalue weighted by Crippen LogP contribution is -2.51. The minimum Gasteiger partial charge on any atom is -0.314 e. The third-order valence-electron chi connectivity index (χ3n) is 3.71. The van der Waals surface area contributed by atoms with Gasteiger partial charge in [0.2, 0.25) is 10.0 Å². The molecule has 1 saturated heterocycles. The number of hydrogen-bond acceptors (Lipinski definition) is 6. The third kappa shape index (κ3) is 4.74. The fraction of sp³-hybridized carbons (Fsp3) is 0.692. The average Bonchev–Trinajstić information content (AvgIpc) is 2.97. The number of rotatable bonds is 7. The fourth-order valence-corrected chi connectivity index (χ4v) is 6.09. The van der Waals surface area contributed by atoms with Gasteiger partial charge in [-0.2, -0.15) is 4.31 Å². The molecular weight excluding hydrogens is 358 g/mol. The molecule has 1 aliphatic rings. The van der Waals surface area contributed by atoms with Crippen LogP contribution in [0.2, 0.25) is 0 Å². The number of piperazine rings is 1. The van der Waals surface area contributed by atoms with Crippen LogP contribution in [0, 0.1) is 0 Å². The molecule has 0 saturated carbocycles. The molecule has 0 bridgehead atoms. The Hall–Kier alpha value is -0.520. The Balaban J connectivity index is 2.03. The molecule has 0 aromatic carbocycles. The summed E-state index contributed by atoms with van der Waals surface area (Å²) in [7, 11) is -6.69. The van der Waals surface area contributed by atoms with Crippen molar-refractivity contribution in [2.75, 3.05) is 31.9 Å². The predicted molar refractivity (Wildman–Crippen MR) is 91.7 cm³/mol. The van der Waals surface area contributed by atoms with E-state index < -0.39 is 20.0 Å². The molecule has 1 atom stereocenters. The number of sulfonamides is 2. The monoisotopic (exact) mass is 381 g/mol. The Morgan fingerprint density at radius 1 is 1.35 bits per heavy atom. The second kappa shape index (κ2) is 7.58. The van der Waals surface area contributed by atoms with Crippen molar-refractivity contribution >= 4 is 31.4 Å². The summed E-state index contributed by atoms with van der Waals surface area (Å²) in [5.74, 6) is 0.0396. The van der Waals surface area contributed by atoms with Crippen LogP contribution in [0.1, 0.15) is 18.7 Å². The molecule has 0 amide bonds. The van der Waals surface area contributed by atoms with Gasteiger partial charge in [0.15, 0.2) is 0 Å². The van der Waals surface area contributed by atoms with Crippen LogP contribution >= 0.6 is 11.3 Å². The summed E-state index contributed by atoms with van der Waals surface area (Å²) in [5, 5.41) is 3.17. The summed E-state index contributed by atoms with van der Waals surface area (Å²) in [6.07, 6.45) is 0.483. The highest BCUT2D eigenvalue weighted by Crippen LogP contribution is 2.26. The Morgan fingerprint density at radius 2 is 2.09 bits per heavy atom. The Morgan fingerprint density at radius 3 is 2.74 bits per heavy atom. The van der Waals surface area contributed by atoms with Gasteiger partial charge in [0.25, 0.3) is 10.0 Å². The van der Waals surface area contributed by atoms with Gasteiger partial charge >= 0.3 is 0 Å². The third-order valence-corrected chi connectivity index (χ3v) is 8.74. The van der Waals surface area contributed by atoms with Gasteiger partial charge in [-0.15, -0.1) is 11.3 Å². The van der Waals surface area contributed by atoms with E-state index in [1.165, 1.54) is 15.6 Å². The molecule has 0 spiro atoms. The van der Waals surface area contributed by atoms with E-state index in [0.717, 1.165) is 4.88 Å². The van der Waals surface area contributed by atoms with Crippen LogP contribution in [-0.4, -0.2) is 59.1 Å². The van der Waals surface area contributed by atoms with Crippen molar-refractivity contribution in [1.29, 1.82) is 0 Å². The minimum absolute atomic E-state index is 0.0396. The van der Waals surface area contributed by atoms with E-state index in [9.17, 15) is 16.8 Å². The van der Waals surface area contributed by atoms with Gasteiger partial charge < -0.3 is 5.32 Å². The van der Waals surface area contributed by atoms with Crippen LogP contribution in [0.4, 0.5) is 0 Å². The summed E-state index contributed by atoms with van der Waals surface area (Å²) in [6, 6.07) is 3.29. The van der Waals surface area contributed by atoms with E-state index in [4.69, 9.17) is 0 Å². The van der Waals surface area contributed by atoms with E-state index in [1.807, 2.05) is 6.92 Å². The maximum Gasteiger partial charge on any atom is 0.252 e. The first-order valence-electron chi connectivity index (χ1n) is 7.55. The molecule has 2 N–H and O–H groups in total. The topological polar surface area (TPSA) is 95.6 Å². The molecule has 23 heavy (non-hydrogen) atoms. The van der Waals surface area contributed by atoms with Gasteiger partial charge in [-0.1, -0.05) is 0 Å². The zero-order valence-corrected chi connectivity index (χ0v) is 15.7. The molecule has 1 unspecified atom stereocenters. The molecule has 7 nitrogen and oxygen atoms in total. The van der Waals surface area contributed by atoms with E-state index in [1.54, 1.807) is 19.1 Å². The fourth-order valence-electron chi connectivity index (χ4n) is 2.36. The van der Waals surface area contributed by atoms with E-state index >= 15 is 0 Å². The Bertz CT molecular complexity index is 727. The lowest BCUT2D eigenvalue weighted by atomic mass is 10.3. The van der Waals surface area contributed by atoms with Crippen molar-refractivity contribution in [2.24, 2.45) is 0 Å². The van der Waals surface area contributed by atoms with Crippen LogP contribution in [0.5, 0.6) is 0 Å². The van der Waals surface area contributed by atoms with Gasteiger partial charge in [0.05, 0.1) is 5.75 Å². The highest BCUT2D eigenvalue weighted by molar-refractivity contribution is 7.91. The average molecular weight is 382 g/mol. The zero-order chi connectivity index (χ0) is 17.1. The first-order chi connectivity index (χ1) is 10.8. The minimum atomic E-state index is -3.48. The molecule has 0 radical (unpaired) electrons. The zero-order valence-electron chi connectivity index (χ0n) is 13.3. The van der Waals surface area contributed by atoms with Crippen LogP contribution in [0.25, 0.3) is 0 Å². The molecule has 1 aromatic heterocycles. The predicted octanol–water partition coefficient (Wildman–Crippen LogP) is 0.212. The van der Waals surface area contributed by atoms with Crippen molar-refractivity contribution in [1.82, 2.24) is 14.3 Å². The summed E-state index contributed by atoms with van der Waals surface area (Å²) < 4.78 is 52.5. The number of hydrogen-bond donors (Lipinski definition) is 2. The SMILES string of the molecule is CCS(=O)(=O)NCCc1ccc(S(=O)(=O)N2CCNCC2C)s1. The molecular formula is C13H23N3O4S3. The standard InChI is InChI=1S/C13H23N3O4S3/c1-3-22(17,18)15-7-6-12-4-5-13(21-12)23(19,20)16-9-8-14-10-11(16)2/h4-5,11,14-15H,3,6-10H2,1-2H3. The van der Waals surface area contributed by atoms with Gasteiger partial charge in [0, 0.05) is 37.1 Å². The van der Waals surface area contributed by atoms with Crippen LogP contribution in [0.3, 0.4) is 0 Å². The number of nitrogens with one attached hydrogen (secondary N) is 2. The maximum atomic E-state index is 12.7. The number of thiophene rings is 1. The first-order valence-corrected chi connectivity index (χ1v) is 11.5. The first kappa shape index (κ1) is 18.8. The molecule has 10 heteroatoms. The van der Waals surface area contributed by atoms with Gasteiger partial charge in [-0.25, -0.2) is 21.6 Å². The summed E-state index contributed by atoms with van der Waals surface area (Å²) in [6.45, 7) is 5.51. The Kier molecular flexibility index (Phi) is 6.20. The van der Waals surface area contributed by atoms with Crippen molar-refractivity contribution in [2.45, 2.75) is 30.5 Å². The van der Waals surface area contributed by atoms with Crippen LogP contribution < -0.4 is 10.0 Å². The smallest absolute Gasteiger partial charge is 0.252 e. The van der Waals surface area contributed by atoms with Gasteiger partial charge in [-0.05, 0) is 32.4 Å². The number of nitrogens with zero attached hydrogens (tertiary/aromatic N) is 1. The summed E-state index contributed by atoms with van der Waals surface area (Å²) in [5.41, 5.74) is 0. The second-order valence-corrected chi connectivity index (χ2v) is 10.8. The van der Waals surface area contributed by atoms with Crippen molar-refractivity contribution in [3.05, 3.63) is 17.0 Å². The molecule has 0 aliphatic carbocycles. The molecule has 1 aromatic rings. The van der Waals surface area contributed by atoms with Gasteiger partial charge in [0.1, 0.15) is 4.21 Å². The molecule has 132 valence electrons. The highest BCUT2D eigenvalue weighted by Gasteiger charge is 2.31. The molecule has 2 rings (SSSR count). The normalized spacial score (nSPS) is 20.7.